The summed E-state index contributed by atoms with van der Waals surface area (Å²) in [6.07, 6.45) is -5.37. The second-order valence-corrected chi connectivity index (χ2v) is 9.41. The number of piperazine rings is 1. The molecule has 0 radical (unpaired) electrons. The summed E-state index contributed by atoms with van der Waals surface area (Å²) < 4.78 is 77.6. The molecule has 1 amide bonds. The number of amides is 1. The smallest absolute Gasteiger partial charge is 0.339 e. The van der Waals surface area contributed by atoms with Crippen LogP contribution in [0.25, 0.3) is 0 Å². The van der Waals surface area contributed by atoms with Gasteiger partial charge in [0.05, 0.1) is 11.3 Å². The van der Waals surface area contributed by atoms with Crippen LogP contribution in [-0.4, -0.2) is 81.7 Å². The number of nitrogens with one attached hydrogen (secondary N) is 1. The highest BCUT2D eigenvalue weighted by Gasteiger charge is 2.36. The molecule has 0 aliphatic carbocycles. The summed E-state index contributed by atoms with van der Waals surface area (Å²) in [6.45, 7) is 3.03. The number of anilines is 1. The average molecular weight is 548 g/mol. The molecule has 1 atom stereocenters. The topological polar surface area (TPSA) is 98.3 Å². The van der Waals surface area contributed by atoms with Gasteiger partial charge in [0, 0.05) is 64.0 Å². The number of hydrogen-bond acceptors (Lipinski definition) is 7. The van der Waals surface area contributed by atoms with Gasteiger partial charge < -0.3 is 14.7 Å². The first-order valence-corrected chi connectivity index (χ1v) is 12.2. The highest BCUT2D eigenvalue weighted by atomic mass is 19.4. The largest absolute Gasteiger partial charge is 0.421 e. The summed E-state index contributed by atoms with van der Waals surface area (Å²) in [5.41, 5.74) is -3.30. The van der Waals surface area contributed by atoms with Gasteiger partial charge in [-0.1, -0.05) is 6.42 Å². The zero-order valence-corrected chi connectivity index (χ0v) is 20.4. The molecule has 2 saturated heterocycles. The number of alkyl halides is 6. The van der Waals surface area contributed by atoms with Crippen LogP contribution in [0.2, 0.25) is 0 Å². The Balaban J connectivity index is 1.29. The zero-order chi connectivity index (χ0) is 27.5. The van der Waals surface area contributed by atoms with E-state index >= 15 is 0 Å². The van der Waals surface area contributed by atoms with Crippen molar-refractivity contribution in [3.8, 4) is 0 Å². The fourth-order valence-corrected chi connectivity index (χ4v) is 4.70. The molecule has 0 aromatic carbocycles. The first kappa shape index (κ1) is 27.8. The van der Waals surface area contributed by atoms with Crippen molar-refractivity contribution in [2.75, 3.05) is 50.7 Å². The zero-order valence-electron chi connectivity index (χ0n) is 20.4. The minimum absolute atomic E-state index is 0.0830. The fourth-order valence-electron chi connectivity index (χ4n) is 4.70. The van der Waals surface area contributed by atoms with E-state index in [1.165, 1.54) is 0 Å². The summed E-state index contributed by atoms with van der Waals surface area (Å²) >= 11 is 0. The molecule has 2 fully saturated rings. The maximum Gasteiger partial charge on any atom is 0.421 e. The molecule has 1 N–H and O–H groups in total. The Hall–Kier alpha value is -3.23. The first-order chi connectivity index (χ1) is 17.9. The van der Waals surface area contributed by atoms with E-state index in [4.69, 9.17) is 0 Å². The minimum Gasteiger partial charge on any atom is -0.339 e. The van der Waals surface area contributed by atoms with Gasteiger partial charge in [-0.25, -0.2) is 15.1 Å². The van der Waals surface area contributed by atoms with Crippen LogP contribution in [-0.2, 0) is 17.1 Å². The lowest BCUT2D eigenvalue weighted by Crippen LogP contribution is -2.49. The summed E-state index contributed by atoms with van der Waals surface area (Å²) in [5, 5.41) is 5.82. The van der Waals surface area contributed by atoms with Crippen molar-refractivity contribution in [1.82, 2.24) is 30.0 Å². The van der Waals surface area contributed by atoms with Crippen molar-refractivity contribution in [3.63, 3.8) is 0 Å². The number of nitrogens with zero attached hydrogens (tertiary/aromatic N) is 6. The van der Waals surface area contributed by atoms with E-state index in [1.54, 1.807) is 9.80 Å². The van der Waals surface area contributed by atoms with Crippen molar-refractivity contribution in [2.24, 2.45) is 0 Å². The van der Waals surface area contributed by atoms with Crippen molar-refractivity contribution in [2.45, 2.75) is 44.0 Å². The number of hydrogen-bond donors (Lipinski definition) is 1. The lowest BCUT2D eigenvalue weighted by molar-refractivity contribution is -0.139. The number of aromatic amines is 1. The molecule has 2 aromatic rings. The van der Waals surface area contributed by atoms with Gasteiger partial charge in [-0.3, -0.25) is 9.59 Å². The summed E-state index contributed by atoms with van der Waals surface area (Å²) in [4.78, 5) is 37.4. The van der Waals surface area contributed by atoms with E-state index in [0.29, 0.717) is 52.2 Å². The molecular formula is C23H27F6N7O2. The van der Waals surface area contributed by atoms with E-state index in [1.807, 2.05) is 10.00 Å². The van der Waals surface area contributed by atoms with E-state index in [-0.39, 0.29) is 29.9 Å². The van der Waals surface area contributed by atoms with Gasteiger partial charge in [0.25, 0.3) is 5.56 Å². The van der Waals surface area contributed by atoms with Crippen LogP contribution in [0.5, 0.6) is 0 Å². The lowest BCUT2D eigenvalue weighted by atomic mass is 9.98. The Kier molecular flexibility index (Phi) is 8.23. The van der Waals surface area contributed by atoms with Gasteiger partial charge >= 0.3 is 12.4 Å². The van der Waals surface area contributed by atoms with E-state index in [0.717, 1.165) is 31.3 Å². The van der Waals surface area contributed by atoms with Crippen LogP contribution in [0.3, 0.4) is 0 Å². The molecule has 4 rings (SSSR count). The Labute approximate surface area is 213 Å². The van der Waals surface area contributed by atoms with E-state index < -0.39 is 29.0 Å². The standard InChI is InChI=1S/C23H27F6N7O2/c24-22(25,26)16-12-30-21(31-13-16)36-9-7-35(8-10-36)19(37)4-6-34-5-2-1-3-15(14-34)18-11-17(23(27,28)29)20(38)33-32-18/h11-13,15H,1-10,14H2,(H,33,38). The molecule has 208 valence electrons. The van der Waals surface area contributed by atoms with Crippen LogP contribution in [0.15, 0.2) is 23.3 Å². The maximum atomic E-state index is 13.2. The molecule has 2 aliphatic heterocycles. The van der Waals surface area contributed by atoms with Crippen LogP contribution in [0.1, 0.15) is 48.4 Å². The molecule has 38 heavy (non-hydrogen) atoms. The summed E-state index contributed by atoms with van der Waals surface area (Å²) in [5.74, 6) is -0.219. The van der Waals surface area contributed by atoms with E-state index in [2.05, 4.69) is 15.1 Å². The van der Waals surface area contributed by atoms with Crippen molar-refractivity contribution in [1.29, 1.82) is 0 Å². The fraction of sp³-hybridized carbons (Fsp3) is 0.609. The van der Waals surface area contributed by atoms with Gasteiger partial charge in [-0.05, 0) is 25.5 Å². The number of H-pyrrole nitrogens is 1. The quantitative estimate of drug-likeness (QED) is 0.575. The molecule has 1 unspecified atom stereocenters. The molecule has 2 aromatic heterocycles. The summed E-state index contributed by atoms with van der Waals surface area (Å²) in [6, 6.07) is 0.817. The van der Waals surface area contributed by atoms with Gasteiger partial charge in [0.2, 0.25) is 11.9 Å². The van der Waals surface area contributed by atoms with E-state index in [9.17, 15) is 35.9 Å². The van der Waals surface area contributed by atoms with Crippen LogP contribution < -0.4 is 10.5 Å². The number of likely N-dealkylation sites (tertiary alicyclic amines) is 1. The maximum absolute atomic E-state index is 13.2. The van der Waals surface area contributed by atoms with Gasteiger partial charge in [-0.15, -0.1) is 0 Å². The number of carbonyl (C=O) groups excluding carboxylic acids is 1. The summed E-state index contributed by atoms with van der Waals surface area (Å²) in [7, 11) is 0. The van der Waals surface area contributed by atoms with Crippen LogP contribution in [0.4, 0.5) is 32.3 Å². The van der Waals surface area contributed by atoms with Gasteiger partial charge in [0.1, 0.15) is 5.56 Å². The molecule has 0 saturated carbocycles. The highest BCUT2D eigenvalue weighted by molar-refractivity contribution is 5.76. The third-order valence-corrected chi connectivity index (χ3v) is 6.83. The molecule has 15 heteroatoms. The molecule has 9 nitrogen and oxygen atoms in total. The molecule has 4 heterocycles. The first-order valence-electron chi connectivity index (χ1n) is 12.2. The third-order valence-electron chi connectivity index (χ3n) is 6.83. The molecule has 0 spiro atoms. The predicted molar refractivity (Wildman–Crippen MR) is 123 cm³/mol. The highest BCUT2D eigenvalue weighted by Crippen LogP contribution is 2.31. The van der Waals surface area contributed by atoms with Gasteiger partial charge in [0.15, 0.2) is 0 Å². The number of aromatic nitrogens is 4. The molecule has 2 aliphatic rings. The van der Waals surface area contributed by atoms with Crippen molar-refractivity contribution < 1.29 is 31.1 Å². The monoisotopic (exact) mass is 547 g/mol. The second-order valence-electron chi connectivity index (χ2n) is 9.41. The number of carbonyl (C=O) groups is 1. The number of rotatable bonds is 5. The minimum atomic E-state index is -4.77. The third kappa shape index (κ3) is 6.79. The Morgan fingerprint density at radius 3 is 2.29 bits per heavy atom. The normalized spacial score (nSPS) is 19.9. The molecular weight excluding hydrogens is 520 g/mol. The van der Waals surface area contributed by atoms with Crippen molar-refractivity contribution >= 4 is 11.9 Å². The van der Waals surface area contributed by atoms with Crippen molar-refractivity contribution in [3.05, 3.63) is 45.6 Å². The Morgan fingerprint density at radius 2 is 1.66 bits per heavy atom. The second kappa shape index (κ2) is 11.3. The van der Waals surface area contributed by atoms with Crippen LogP contribution >= 0.6 is 0 Å². The van der Waals surface area contributed by atoms with Gasteiger partial charge in [-0.2, -0.15) is 31.4 Å². The number of halogens is 6. The lowest BCUT2D eigenvalue weighted by Gasteiger charge is -2.35. The SMILES string of the molecule is O=C(CCN1CCCCC(c2cc(C(F)(F)F)c(=O)[nH]n2)C1)N1CCN(c2ncc(C(F)(F)F)cn2)CC1. The predicted octanol–water partition coefficient (Wildman–Crippen LogP) is 2.91. The van der Waals surface area contributed by atoms with Crippen LogP contribution in [0, 0.1) is 0 Å². The molecule has 0 bridgehead atoms. The Morgan fingerprint density at radius 1 is 0.974 bits per heavy atom. The Bertz CT molecular complexity index is 1160. The average Bonchev–Trinajstić information content (AvgIpc) is 3.12.